The number of non-ortho nitro benzene ring substituents is 2. The second-order valence-electron chi connectivity index (χ2n) is 6.19. The summed E-state index contributed by atoms with van der Waals surface area (Å²) in [6.07, 6.45) is 1.50. The summed E-state index contributed by atoms with van der Waals surface area (Å²) in [7, 11) is 1.55. The Bertz CT molecular complexity index is 881. The van der Waals surface area contributed by atoms with Gasteiger partial charge in [0.25, 0.3) is 17.3 Å². The average Bonchev–Trinajstić information content (AvgIpc) is 3.16. The normalized spacial score (nSPS) is 16.2. The van der Waals surface area contributed by atoms with Crippen molar-refractivity contribution < 1.29 is 19.4 Å². The van der Waals surface area contributed by atoms with Gasteiger partial charge in [-0.15, -0.1) is 0 Å². The van der Waals surface area contributed by atoms with Crippen LogP contribution in [0.25, 0.3) is 0 Å². The molecular weight excluding hydrogens is 354 g/mol. The molecule has 3 rings (SSSR count). The zero-order valence-corrected chi connectivity index (χ0v) is 14.5. The lowest BCUT2D eigenvalue weighted by Crippen LogP contribution is -2.30. The van der Waals surface area contributed by atoms with E-state index in [1.807, 2.05) is 18.2 Å². The number of hydrogen-bond acceptors (Lipinski definition) is 6. The van der Waals surface area contributed by atoms with Crippen molar-refractivity contribution in [3.8, 4) is 5.75 Å². The van der Waals surface area contributed by atoms with Gasteiger partial charge in [-0.1, -0.05) is 12.1 Å². The van der Waals surface area contributed by atoms with E-state index >= 15 is 0 Å². The number of likely N-dealkylation sites (tertiary alicyclic amines) is 1. The number of rotatable bonds is 5. The first-order valence-corrected chi connectivity index (χ1v) is 8.29. The molecule has 2 aromatic carbocycles. The van der Waals surface area contributed by atoms with Gasteiger partial charge in [-0.3, -0.25) is 25.0 Å². The van der Waals surface area contributed by atoms with Crippen LogP contribution >= 0.6 is 0 Å². The molecule has 0 bridgehead atoms. The summed E-state index contributed by atoms with van der Waals surface area (Å²) < 4.78 is 5.23. The zero-order valence-electron chi connectivity index (χ0n) is 14.5. The van der Waals surface area contributed by atoms with Crippen LogP contribution in [0.2, 0.25) is 0 Å². The SMILES string of the molecule is COc1cccc(C2CCCN2C(=O)c2cc([N+](=O)[O-])cc([N+](=O)[O-])c2)c1. The molecule has 1 aliphatic heterocycles. The minimum atomic E-state index is -0.743. The van der Waals surface area contributed by atoms with Crippen molar-refractivity contribution in [2.75, 3.05) is 13.7 Å². The fraction of sp³-hybridized carbons (Fsp3) is 0.278. The van der Waals surface area contributed by atoms with Crippen LogP contribution in [0.15, 0.2) is 42.5 Å². The van der Waals surface area contributed by atoms with Gasteiger partial charge in [-0.2, -0.15) is 0 Å². The topological polar surface area (TPSA) is 116 Å². The Balaban J connectivity index is 1.96. The highest BCUT2D eigenvalue weighted by molar-refractivity contribution is 5.96. The van der Waals surface area contributed by atoms with Crippen LogP contribution in [0.5, 0.6) is 5.75 Å². The van der Waals surface area contributed by atoms with E-state index < -0.39 is 27.1 Å². The van der Waals surface area contributed by atoms with E-state index in [1.165, 1.54) is 0 Å². The van der Waals surface area contributed by atoms with Gasteiger partial charge in [0, 0.05) is 18.7 Å². The third-order valence-electron chi connectivity index (χ3n) is 4.56. The van der Waals surface area contributed by atoms with Crippen molar-refractivity contribution >= 4 is 17.3 Å². The summed E-state index contributed by atoms with van der Waals surface area (Å²) in [5, 5.41) is 22.1. The molecule has 0 aliphatic carbocycles. The molecule has 140 valence electrons. The van der Waals surface area contributed by atoms with Crippen molar-refractivity contribution in [2.24, 2.45) is 0 Å². The van der Waals surface area contributed by atoms with Crippen molar-refractivity contribution in [3.63, 3.8) is 0 Å². The average molecular weight is 371 g/mol. The van der Waals surface area contributed by atoms with Gasteiger partial charge in [0.15, 0.2) is 0 Å². The molecule has 9 nitrogen and oxygen atoms in total. The van der Waals surface area contributed by atoms with Crippen LogP contribution in [-0.2, 0) is 0 Å². The number of benzene rings is 2. The Morgan fingerprint density at radius 3 is 2.37 bits per heavy atom. The number of amides is 1. The van der Waals surface area contributed by atoms with Crippen molar-refractivity contribution in [1.29, 1.82) is 0 Å². The van der Waals surface area contributed by atoms with Gasteiger partial charge in [0.2, 0.25) is 0 Å². The van der Waals surface area contributed by atoms with Gasteiger partial charge in [0.05, 0.1) is 34.6 Å². The van der Waals surface area contributed by atoms with E-state index in [9.17, 15) is 25.0 Å². The van der Waals surface area contributed by atoms with Gasteiger partial charge < -0.3 is 9.64 Å². The number of hydrogen-bond donors (Lipinski definition) is 0. The Labute approximate surface area is 154 Å². The quantitative estimate of drug-likeness (QED) is 0.587. The zero-order chi connectivity index (χ0) is 19.6. The molecule has 0 radical (unpaired) electrons. The maximum absolute atomic E-state index is 13.0. The summed E-state index contributed by atoms with van der Waals surface area (Å²) in [5.74, 6) is 0.199. The molecule has 1 aliphatic rings. The molecule has 0 aromatic heterocycles. The smallest absolute Gasteiger partial charge is 0.277 e. The van der Waals surface area contributed by atoms with E-state index in [2.05, 4.69) is 0 Å². The minimum Gasteiger partial charge on any atom is -0.497 e. The molecule has 1 atom stereocenters. The molecule has 1 unspecified atom stereocenters. The lowest BCUT2D eigenvalue weighted by atomic mass is 10.0. The maximum atomic E-state index is 13.0. The molecule has 9 heteroatoms. The first kappa shape index (κ1) is 18.3. The summed E-state index contributed by atoms with van der Waals surface area (Å²) in [4.78, 5) is 35.2. The van der Waals surface area contributed by atoms with Gasteiger partial charge >= 0.3 is 0 Å². The van der Waals surface area contributed by atoms with E-state index in [-0.39, 0.29) is 11.6 Å². The first-order valence-electron chi connectivity index (χ1n) is 8.29. The fourth-order valence-electron chi connectivity index (χ4n) is 3.30. The van der Waals surface area contributed by atoms with Crippen LogP contribution in [0.4, 0.5) is 11.4 Å². The van der Waals surface area contributed by atoms with Crippen LogP contribution in [0.3, 0.4) is 0 Å². The minimum absolute atomic E-state index is 0.0642. The lowest BCUT2D eigenvalue weighted by Gasteiger charge is -2.25. The number of ether oxygens (including phenoxy) is 1. The molecule has 0 spiro atoms. The molecule has 1 amide bonds. The predicted molar refractivity (Wildman–Crippen MR) is 95.8 cm³/mol. The van der Waals surface area contributed by atoms with Crippen LogP contribution in [-0.4, -0.2) is 34.3 Å². The Morgan fingerprint density at radius 2 is 1.78 bits per heavy atom. The van der Waals surface area contributed by atoms with Gasteiger partial charge in [-0.05, 0) is 30.5 Å². The molecule has 1 saturated heterocycles. The first-order chi connectivity index (χ1) is 12.9. The lowest BCUT2D eigenvalue weighted by molar-refractivity contribution is -0.394. The summed E-state index contributed by atoms with van der Waals surface area (Å²) in [6, 6.07) is 10.1. The number of nitro benzene ring substituents is 2. The van der Waals surface area contributed by atoms with E-state index in [0.29, 0.717) is 12.3 Å². The largest absolute Gasteiger partial charge is 0.497 e. The second kappa shape index (κ2) is 7.40. The van der Waals surface area contributed by atoms with E-state index in [4.69, 9.17) is 4.74 Å². The standard InChI is InChI=1S/C18H17N3O6/c1-27-16-5-2-4-12(10-16)17-6-3-7-19(17)18(22)13-8-14(20(23)24)11-15(9-13)21(25)26/h2,4-5,8-11,17H,3,6-7H2,1H3. The molecule has 1 fully saturated rings. The van der Waals surface area contributed by atoms with Crippen molar-refractivity contribution in [1.82, 2.24) is 4.90 Å². The number of nitro groups is 2. The molecule has 0 N–H and O–H groups in total. The number of carbonyl (C=O) groups excluding carboxylic acids is 1. The van der Waals surface area contributed by atoms with Gasteiger partial charge in [-0.25, -0.2) is 0 Å². The van der Waals surface area contributed by atoms with Crippen LogP contribution in [0, 0.1) is 20.2 Å². The van der Waals surface area contributed by atoms with Crippen molar-refractivity contribution in [3.05, 3.63) is 73.8 Å². The highest BCUT2D eigenvalue weighted by Gasteiger charge is 2.32. The third-order valence-corrected chi connectivity index (χ3v) is 4.56. The Kier molecular flexibility index (Phi) is 5.02. The maximum Gasteiger partial charge on any atom is 0.277 e. The van der Waals surface area contributed by atoms with Crippen LogP contribution in [0.1, 0.15) is 34.8 Å². The van der Waals surface area contributed by atoms with Crippen LogP contribution < -0.4 is 4.74 Å². The third kappa shape index (κ3) is 3.71. The van der Waals surface area contributed by atoms with Gasteiger partial charge in [0.1, 0.15) is 5.75 Å². The van der Waals surface area contributed by atoms with E-state index in [1.54, 1.807) is 18.1 Å². The summed E-state index contributed by atoms with van der Waals surface area (Å²) in [6.45, 7) is 0.469. The monoisotopic (exact) mass is 371 g/mol. The number of carbonyl (C=O) groups is 1. The number of nitrogens with zero attached hydrogens (tertiary/aromatic N) is 3. The Morgan fingerprint density at radius 1 is 1.11 bits per heavy atom. The molecule has 1 heterocycles. The van der Waals surface area contributed by atoms with E-state index in [0.717, 1.165) is 36.6 Å². The summed E-state index contributed by atoms with van der Waals surface area (Å²) >= 11 is 0. The molecular formula is C18H17N3O6. The molecule has 0 saturated carbocycles. The molecule has 2 aromatic rings. The fourth-order valence-corrected chi connectivity index (χ4v) is 3.30. The second-order valence-corrected chi connectivity index (χ2v) is 6.19. The number of methoxy groups -OCH3 is 1. The molecule has 27 heavy (non-hydrogen) atoms. The predicted octanol–water partition coefficient (Wildman–Crippen LogP) is 3.49. The Hall–Kier alpha value is -3.49. The summed E-state index contributed by atoms with van der Waals surface area (Å²) in [5.41, 5.74) is -0.139. The van der Waals surface area contributed by atoms with Crippen molar-refractivity contribution in [2.45, 2.75) is 18.9 Å². The highest BCUT2D eigenvalue weighted by atomic mass is 16.6. The highest BCUT2D eigenvalue weighted by Crippen LogP contribution is 2.35.